The van der Waals surface area contributed by atoms with Gasteiger partial charge in [0.25, 0.3) is 5.91 Å². The van der Waals surface area contributed by atoms with Crippen molar-refractivity contribution >= 4 is 39.7 Å². The van der Waals surface area contributed by atoms with Crippen LogP contribution >= 0.6 is 11.3 Å². The van der Waals surface area contributed by atoms with E-state index in [0.717, 1.165) is 55.9 Å². The SMILES string of the molecule is Nc1nc(Nc2ccc(C(=O)NC3CCN(Cc4ccccc4)CC3)cc2)sc1C(=O)c1c(F)cccc1F. The minimum Gasteiger partial charge on any atom is -0.382 e. The first-order chi connectivity index (χ1) is 18.9. The van der Waals surface area contributed by atoms with E-state index in [1.807, 2.05) is 18.2 Å². The lowest BCUT2D eigenvalue weighted by Crippen LogP contribution is -2.44. The van der Waals surface area contributed by atoms with Gasteiger partial charge in [-0.1, -0.05) is 47.7 Å². The molecule has 1 aliphatic rings. The van der Waals surface area contributed by atoms with E-state index in [0.29, 0.717) is 11.3 Å². The number of halogens is 2. The van der Waals surface area contributed by atoms with Gasteiger partial charge in [0.1, 0.15) is 22.3 Å². The van der Waals surface area contributed by atoms with Crippen LogP contribution in [0.5, 0.6) is 0 Å². The highest BCUT2D eigenvalue weighted by atomic mass is 32.1. The Balaban J connectivity index is 1.15. The first-order valence-electron chi connectivity index (χ1n) is 12.6. The third-order valence-electron chi connectivity index (χ3n) is 6.62. The molecular weight excluding hydrogens is 520 g/mol. The fraction of sp³-hybridized carbons (Fsp3) is 0.207. The molecule has 200 valence electrons. The molecule has 4 N–H and O–H groups in total. The number of nitrogens with two attached hydrogens (primary N) is 1. The van der Waals surface area contributed by atoms with Crippen LogP contribution in [0.2, 0.25) is 0 Å². The normalized spacial score (nSPS) is 14.2. The van der Waals surface area contributed by atoms with Crippen LogP contribution < -0.4 is 16.4 Å². The van der Waals surface area contributed by atoms with E-state index in [4.69, 9.17) is 5.73 Å². The summed E-state index contributed by atoms with van der Waals surface area (Å²) in [7, 11) is 0. The average Bonchev–Trinajstić information content (AvgIpc) is 3.30. The Hall–Kier alpha value is -4.15. The molecule has 2 heterocycles. The van der Waals surface area contributed by atoms with Crippen LogP contribution in [0.15, 0.2) is 72.8 Å². The van der Waals surface area contributed by atoms with Crippen molar-refractivity contribution in [1.29, 1.82) is 0 Å². The Bertz CT molecular complexity index is 1450. The van der Waals surface area contributed by atoms with Gasteiger partial charge in [-0.05, 0) is 54.8 Å². The van der Waals surface area contributed by atoms with E-state index < -0.39 is 23.0 Å². The van der Waals surface area contributed by atoms with E-state index in [1.54, 1.807) is 24.3 Å². The molecule has 1 aliphatic heterocycles. The number of amides is 1. The molecule has 3 aromatic carbocycles. The molecule has 1 fully saturated rings. The van der Waals surface area contributed by atoms with E-state index >= 15 is 0 Å². The number of benzene rings is 3. The van der Waals surface area contributed by atoms with Crippen molar-refractivity contribution in [3.8, 4) is 0 Å². The monoisotopic (exact) mass is 547 g/mol. The molecule has 0 aliphatic carbocycles. The standard InChI is InChI=1S/C29H27F2N5O2S/c30-22-7-4-8-23(31)24(22)25(37)26-27(32)35-29(39-26)34-20-11-9-19(10-12-20)28(38)33-21-13-15-36(16-14-21)17-18-5-2-1-3-6-18/h1-12,21H,13-17,32H2,(H,33,38)(H,34,35). The number of nitrogen functional groups attached to an aromatic ring is 1. The maximum absolute atomic E-state index is 14.1. The molecule has 0 unspecified atom stereocenters. The van der Waals surface area contributed by atoms with Gasteiger partial charge in [0.05, 0.1) is 5.56 Å². The maximum atomic E-state index is 14.1. The minimum atomic E-state index is -0.964. The van der Waals surface area contributed by atoms with Crippen molar-refractivity contribution in [2.75, 3.05) is 24.1 Å². The summed E-state index contributed by atoms with van der Waals surface area (Å²) in [4.78, 5) is 31.9. The van der Waals surface area contributed by atoms with Crippen LogP contribution in [-0.2, 0) is 6.54 Å². The van der Waals surface area contributed by atoms with E-state index in [-0.39, 0.29) is 27.8 Å². The summed E-state index contributed by atoms with van der Waals surface area (Å²) in [5, 5.41) is 6.43. The number of thiazole rings is 1. The van der Waals surface area contributed by atoms with E-state index in [1.165, 1.54) is 11.6 Å². The lowest BCUT2D eigenvalue weighted by molar-refractivity contribution is 0.0908. The van der Waals surface area contributed by atoms with Crippen LogP contribution in [-0.4, -0.2) is 40.7 Å². The van der Waals surface area contributed by atoms with Crippen molar-refractivity contribution in [1.82, 2.24) is 15.2 Å². The lowest BCUT2D eigenvalue weighted by Gasteiger charge is -2.32. The maximum Gasteiger partial charge on any atom is 0.251 e. The third-order valence-corrected chi connectivity index (χ3v) is 7.60. The lowest BCUT2D eigenvalue weighted by atomic mass is 10.0. The summed E-state index contributed by atoms with van der Waals surface area (Å²) in [6.45, 7) is 2.76. The Morgan fingerprint density at radius 2 is 1.62 bits per heavy atom. The number of hydrogen-bond donors (Lipinski definition) is 3. The highest BCUT2D eigenvalue weighted by Gasteiger charge is 2.24. The zero-order valence-corrected chi connectivity index (χ0v) is 21.8. The predicted octanol–water partition coefficient (Wildman–Crippen LogP) is 5.37. The van der Waals surface area contributed by atoms with Crippen LogP contribution in [0.25, 0.3) is 0 Å². The van der Waals surface area contributed by atoms with Gasteiger partial charge in [-0.2, -0.15) is 0 Å². The van der Waals surface area contributed by atoms with Crippen LogP contribution in [0.4, 0.5) is 25.4 Å². The number of anilines is 3. The van der Waals surface area contributed by atoms with Gasteiger partial charge in [0, 0.05) is 36.9 Å². The summed E-state index contributed by atoms with van der Waals surface area (Å²) in [5.74, 6) is -3.06. The van der Waals surface area contributed by atoms with Gasteiger partial charge in [-0.3, -0.25) is 14.5 Å². The second kappa shape index (κ2) is 11.7. The largest absolute Gasteiger partial charge is 0.382 e. The predicted molar refractivity (Wildman–Crippen MR) is 148 cm³/mol. The third kappa shape index (κ3) is 6.30. The summed E-state index contributed by atoms with van der Waals surface area (Å²) < 4.78 is 28.1. The summed E-state index contributed by atoms with van der Waals surface area (Å²) in [6.07, 6.45) is 1.78. The topological polar surface area (TPSA) is 100 Å². The Labute approximate surface area is 228 Å². The fourth-order valence-electron chi connectivity index (χ4n) is 4.55. The molecule has 1 amide bonds. The molecule has 39 heavy (non-hydrogen) atoms. The molecule has 4 aromatic rings. The van der Waals surface area contributed by atoms with Gasteiger partial charge in [0.15, 0.2) is 5.13 Å². The van der Waals surface area contributed by atoms with E-state index in [2.05, 4.69) is 32.7 Å². The Morgan fingerprint density at radius 1 is 0.949 bits per heavy atom. The smallest absolute Gasteiger partial charge is 0.251 e. The van der Waals surface area contributed by atoms with Gasteiger partial charge in [-0.15, -0.1) is 0 Å². The average molecular weight is 548 g/mol. The summed E-state index contributed by atoms with van der Waals surface area (Å²) >= 11 is 0.896. The van der Waals surface area contributed by atoms with Crippen LogP contribution in [0.3, 0.4) is 0 Å². The Kier molecular flexibility index (Phi) is 7.94. The van der Waals surface area contributed by atoms with Crippen LogP contribution in [0, 0.1) is 11.6 Å². The summed E-state index contributed by atoms with van der Waals surface area (Å²) in [6, 6.07) is 20.5. The molecule has 7 nitrogen and oxygen atoms in total. The summed E-state index contributed by atoms with van der Waals surface area (Å²) in [5.41, 5.74) is 7.63. The number of aromatic nitrogens is 1. The van der Waals surface area contributed by atoms with Crippen molar-refractivity contribution < 1.29 is 18.4 Å². The van der Waals surface area contributed by atoms with Crippen molar-refractivity contribution in [3.05, 3.63) is 106 Å². The van der Waals surface area contributed by atoms with Gasteiger partial charge >= 0.3 is 0 Å². The molecule has 0 spiro atoms. The minimum absolute atomic E-state index is 0.0627. The number of ketones is 1. The molecule has 1 saturated heterocycles. The highest BCUT2D eigenvalue weighted by molar-refractivity contribution is 7.18. The molecule has 1 aromatic heterocycles. The zero-order chi connectivity index (χ0) is 27.4. The second-order valence-corrected chi connectivity index (χ2v) is 10.4. The number of carbonyl (C=O) groups excluding carboxylic acids is 2. The number of likely N-dealkylation sites (tertiary alicyclic amines) is 1. The molecule has 0 saturated carbocycles. The number of piperidine rings is 1. The fourth-order valence-corrected chi connectivity index (χ4v) is 5.40. The molecule has 0 bridgehead atoms. The molecule has 5 rings (SSSR count). The molecule has 10 heteroatoms. The molecule has 0 radical (unpaired) electrons. The number of carbonyl (C=O) groups is 2. The number of nitrogens with zero attached hydrogens (tertiary/aromatic N) is 2. The zero-order valence-electron chi connectivity index (χ0n) is 21.0. The number of rotatable bonds is 8. The quantitative estimate of drug-likeness (QED) is 0.257. The molecular formula is C29H27F2N5O2S. The van der Waals surface area contributed by atoms with Crippen molar-refractivity contribution in [3.63, 3.8) is 0 Å². The first-order valence-corrected chi connectivity index (χ1v) is 13.4. The van der Waals surface area contributed by atoms with Gasteiger partial charge in [-0.25, -0.2) is 13.8 Å². The number of nitrogens with one attached hydrogen (secondary N) is 2. The first kappa shape index (κ1) is 26.5. The highest BCUT2D eigenvalue weighted by Crippen LogP contribution is 2.31. The second-order valence-electron chi connectivity index (χ2n) is 9.37. The Morgan fingerprint density at radius 3 is 2.28 bits per heavy atom. The van der Waals surface area contributed by atoms with Crippen LogP contribution in [0.1, 0.15) is 44.0 Å². The van der Waals surface area contributed by atoms with Crippen molar-refractivity contribution in [2.24, 2.45) is 0 Å². The molecule has 0 atom stereocenters. The van der Waals surface area contributed by atoms with E-state index in [9.17, 15) is 18.4 Å². The number of hydrogen-bond acceptors (Lipinski definition) is 7. The van der Waals surface area contributed by atoms with Crippen molar-refractivity contribution in [2.45, 2.75) is 25.4 Å². The van der Waals surface area contributed by atoms with Gasteiger partial charge in [0.2, 0.25) is 5.78 Å². The van der Waals surface area contributed by atoms with Gasteiger partial charge < -0.3 is 16.4 Å².